The number of nitrogens with one attached hydrogen (secondary N) is 1. The van der Waals surface area contributed by atoms with E-state index in [-0.39, 0.29) is 0 Å². The number of thiophene rings is 1. The van der Waals surface area contributed by atoms with Crippen LogP contribution in [0.25, 0.3) is 21.1 Å². The summed E-state index contributed by atoms with van der Waals surface area (Å²) < 4.78 is 0. The van der Waals surface area contributed by atoms with Gasteiger partial charge in [0, 0.05) is 27.4 Å². The smallest absolute Gasteiger partial charge is 0.171 e. The average Bonchev–Trinajstić information content (AvgIpc) is 3.40. The summed E-state index contributed by atoms with van der Waals surface area (Å²) in [6, 6.07) is 20.0. The summed E-state index contributed by atoms with van der Waals surface area (Å²) in [5, 5.41) is 3.39. The molecule has 4 aromatic rings. The van der Waals surface area contributed by atoms with Crippen molar-refractivity contribution in [1.29, 1.82) is 0 Å². The standard InChI is InChI=1S/C26H23N3OS.2C2H6/c1-4-5-22-18(3)27-26(29-25(22)28-21-12-8-19(16-30)9-13-21)24-15-14-23(31-24)20-10-6-17(2)7-11-20;2*1-2/h4,6-16H,1,5H2,2-3H3,(H,27,28,29);2*1-2H3. The number of hydrogen-bond acceptors (Lipinski definition) is 5. The lowest BCUT2D eigenvalue weighted by molar-refractivity contribution is 0.112. The first-order chi connectivity index (χ1) is 17.1. The molecule has 0 aliphatic rings. The molecule has 2 heterocycles. The molecule has 0 amide bonds. The number of benzene rings is 2. The second-order valence-corrected chi connectivity index (χ2v) is 8.43. The molecule has 35 heavy (non-hydrogen) atoms. The largest absolute Gasteiger partial charge is 0.340 e. The normalized spacial score (nSPS) is 9.77. The van der Waals surface area contributed by atoms with Crippen LogP contribution < -0.4 is 5.32 Å². The molecule has 4 nitrogen and oxygen atoms in total. The predicted octanol–water partition coefficient (Wildman–Crippen LogP) is 8.83. The fourth-order valence-corrected chi connectivity index (χ4v) is 4.26. The molecule has 2 aromatic carbocycles. The van der Waals surface area contributed by atoms with Crippen LogP contribution in [-0.2, 0) is 6.42 Å². The molecule has 5 heteroatoms. The van der Waals surface area contributed by atoms with E-state index in [4.69, 9.17) is 9.97 Å². The minimum atomic E-state index is 0.638. The zero-order chi connectivity index (χ0) is 25.8. The number of anilines is 2. The molecule has 0 saturated heterocycles. The highest BCUT2D eigenvalue weighted by Crippen LogP contribution is 2.34. The van der Waals surface area contributed by atoms with Crippen LogP contribution in [0.2, 0.25) is 0 Å². The van der Waals surface area contributed by atoms with E-state index < -0.39 is 0 Å². The third kappa shape index (κ3) is 7.20. The minimum Gasteiger partial charge on any atom is -0.340 e. The number of aromatic nitrogens is 2. The van der Waals surface area contributed by atoms with Crippen molar-refractivity contribution in [2.45, 2.75) is 48.0 Å². The van der Waals surface area contributed by atoms with Crippen molar-refractivity contribution in [3.8, 4) is 21.1 Å². The van der Waals surface area contributed by atoms with Gasteiger partial charge in [-0.1, -0.05) is 63.6 Å². The van der Waals surface area contributed by atoms with Gasteiger partial charge in [0.2, 0.25) is 0 Å². The molecular weight excluding hydrogens is 450 g/mol. The van der Waals surface area contributed by atoms with Gasteiger partial charge in [0.25, 0.3) is 0 Å². The Morgan fingerprint density at radius 3 is 2.09 bits per heavy atom. The predicted molar refractivity (Wildman–Crippen MR) is 152 cm³/mol. The highest BCUT2D eigenvalue weighted by atomic mass is 32.1. The highest BCUT2D eigenvalue weighted by Gasteiger charge is 2.14. The Morgan fingerprint density at radius 2 is 1.49 bits per heavy atom. The number of carbonyl (C=O) groups is 1. The van der Waals surface area contributed by atoms with Gasteiger partial charge < -0.3 is 5.32 Å². The van der Waals surface area contributed by atoms with E-state index in [9.17, 15) is 4.79 Å². The Hall–Kier alpha value is -3.57. The van der Waals surface area contributed by atoms with Crippen LogP contribution in [0.3, 0.4) is 0 Å². The molecule has 0 atom stereocenters. The van der Waals surface area contributed by atoms with Gasteiger partial charge in [0.05, 0.1) is 4.88 Å². The molecule has 0 saturated carbocycles. The van der Waals surface area contributed by atoms with E-state index in [1.165, 1.54) is 16.0 Å². The van der Waals surface area contributed by atoms with Crippen molar-refractivity contribution in [2.75, 3.05) is 5.32 Å². The summed E-state index contributed by atoms with van der Waals surface area (Å²) in [6.07, 6.45) is 3.36. The molecule has 1 N–H and O–H groups in total. The van der Waals surface area contributed by atoms with Gasteiger partial charge >= 0.3 is 0 Å². The van der Waals surface area contributed by atoms with Crippen LogP contribution in [0.4, 0.5) is 11.5 Å². The van der Waals surface area contributed by atoms with Crippen molar-refractivity contribution in [1.82, 2.24) is 9.97 Å². The third-order valence-corrected chi connectivity index (χ3v) is 6.16. The first-order valence-electron chi connectivity index (χ1n) is 12.1. The summed E-state index contributed by atoms with van der Waals surface area (Å²) >= 11 is 1.68. The number of nitrogens with zero attached hydrogens (tertiary/aromatic N) is 2. The number of allylic oxidation sites excluding steroid dienone is 1. The number of rotatable bonds is 7. The molecule has 0 aliphatic heterocycles. The molecule has 0 spiro atoms. The first kappa shape index (κ1) is 27.7. The van der Waals surface area contributed by atoms with E-state index >= 15 is 0 Å². The van der Waals surface area contributed by atoms with E-state index in [1.54, 1.807) is 23.5 Å². The summed E-state index contributed by atoms with van der Waals surface area (Å²) in [7, 11) is 0. The van der Waals surface area contributed by atoms with Crippen molar-refractivity contribution < 1.29 is 4.79 Å². The van der Waals surface area contributed by atoms with Gasteiger partial charge in [-0.25, -0.2) is 9.97 Å². The number of hydrogen-bond donors (Lipinski definition) is 1. The van der Waals surface area contributed by atoms with Crippen LogP contribution in [0, 0.1) is 13.8 Å². The maximum absolute atomic E-state index is 10.9. The van der Waals surface area contributed by atoms with Crippen LogP contribution in [0.5, 0.6) is 0 Å². The van der Waals surface area contributed by atoms with Crippen LogP contribution in [0.15, 0.2) is 73.3 Å². The Labute approximate surface area is 213 Å². The molecular formula is C30H35N3OS. The SMILES string of the molecule is C=CCc1c(C)nc(-c2ccc(-c3ccc(C)cc3)s2)nc1Nc1ccc(C=O)cc1.CC.CC. The lowest BCUT2D eigenvalue weighted by atomic mass is 10.1. The Balaban J connectivity index is 0.00000103. The summed E-state index contributed by atoms with van der Waals surface area (Å²) in [6.45, 7) is 16.0. The molecule has 2 aromatic heterocycles. The Morgan fingerprint density at radius 1 is 0.857 bits per heavy atom. The molecule has 0 radical (unpaired) electrons. The topological polar surface area (TPSA) is 54.9 Å². The molecule has 0 aliphatic carbocycles. The highest BCUT2D eigenvalue weighted by molar-refractivity contribution is 7.18. The lowest BCUT2D eigenvalue weighted by Crippen LogP contribution is -2.05. The Kier molecular flexibility index (Phi) is 11.0. The van der Waals surface area contributed by atoms with E-state index in [0.717, 1.165) is 33.9 Å². The monoisotopic (exact) mass is 485 g/mol. The van der Waals surface area contributed by atoms with E-state index in [1.807, 2.05) is 52.8 Å². The van der Waals surface area contributed by atoms with Crippen molar-refractivity contribution in [2.24, 2.45) is 0 Å². The summed E-state index contributed by atoms with van der Waals surface area (Å²) in [5.74, 6) is 1.45. The van der Waals surface area contributed by atoms with Crippen LogP contribution in [0.1, 0.15) is 54.9 Å². The van der Waals surface area contributed by atoms with Crippen LogP contribution >= 0.6 is 11.3 Å². The number of carbonyl (C=O) groups excluding carboxylic acids is 1. The summed E-state index contributed by atoms with van der Waals surface area (Å²) in [4.78, 5) is 22.8. The molecule has 0 unspecified atom stereocenters. The maximum atomic E-state index is 10.9. The zero-order valence-electron chi connectivity index (χ0n) is 21.6. The van der Waals surface area contributed by atoms with E-state index in [2.05, 4.69) is 55.2 Å². The third-order valence-electron chi connectivity index (χ3n) is 5.03. The quantitative estimate of drug-likeness (QED) is 0.210. The van der Waals surface area contributed by atoms with Crippen molar-refractivity contribution >= 4 is 29.1 Å². The second kappa shape index (κ2) is 14.0. The van der Waals surface area contributed by atoms with Crippen molar-refractivity contribution in [3.05, 3.63) is 95.7 Å². The number of aryl methyl sites for hydroxylation is 2. The van der Waals surface area contributed by atoms with Gasteiger partial charge in [-0.15, -0.1) is 17.9 Å². The fourth-order valence-electron chi connectivity index (χ4n) is 3.31. The van der Waals surface area contributed by atoms with Crippen LogP contribution in [-0.4, -0.2) is 16.3 Å². The van der Waals surface area contributed by atoms with Gasteiger partial charge in [0.15, 0.2) is 5.82 Å². The lowest BCUT2D eigenvalue weighted by Gasteiger charge is -2.14. The zero-order valence-corrected chi connectivity index (χ0v) is 22.4. The Bertz CT molecular complexity index is 1230. The second-order valence-electron chi connectivity index (χ2n) is 7.35. The molecule has 182 valence electrons. The van der Waals surface area contributed by atoms with Gasteiger partial charge in [-0.2, -0.15) is 0 Å². The van der Waals surface area contributed by atoms with Gasteiger partial charge in [0.1, 0.15) is 12.1 Å². The minimum absolute atomic E-state index is 0.638. The molecule has 0 fully saturated rings. The van der Waals surface area contributed by atoms with Gasteiger partial charge in [-0.05, 0) is 62.2 Å². The maximum Gasteiger partial charge on any atom is 0.171 e. The summed E-state index contributed by atoms with van der Waals surface area (Å²) in [5.41, 5.74) is 5.87. The van der Waals surface area contributed by atoms with Crippen molar-refractivity contribution in [3.63, 3.8) is 0 Å². The average molecular weight is 486 g/mol. The molecule has 0 bridgehead atoms. The van der Waals surface area contributed by atoms with E-state index in [0.29, 0.717) is 17.8 Å². The fraction of sp³-hybridized carbons (Fsp3) is 0.233. The first-order valence-corrected chi connectivity index (χ1v) is 12.9. The molecule has 4 rings (SSSR count). The van der Waals surface area contributed by atoms with Gasteiger partial charge in [-0.3, -0.25) is 4.79 Å². The number of aldehydes is 1.